The van der Waals surface area contributed by atoms with Crippen LogP contribution in [0.4, 0.5) is 0 Å². The fraction of sp³-hybridized carbons (Fsp3) is 1.00. The minimum absolute atomic E-state index is 0.674. The predicted octanol–water partition coefficient (Wildman–Crippen LogP) is 4.29. The molecule has 0 amide bonds. The van der Waals surface area contributed by atoms with Crippen LogP contribution in [0.1, 0.15) is 52.4 Å². The summed E-state index contributed by atoms with van der Waals surface area (Å²) in [6.07, 6.45) is 7.54. The molecule has 0 saturated carbocycles. The average Bonchev–Trinajstić information content (AvgIpc) is 2.13. The number of hydrogen-bond acceptors (Lipinski definition) is 2. The molecular weight excluding hydrogens is 195 g/mol. The highest BCUT2D eigenvalue weighted by Gasteiger charge is 2.14. The summed E-state index contributed by atoms with van der Waals surface area (Å²) in [6, 6.07) is 0. The van der Waals surface area contributed by atoms with Gasteiger partial charge in [-0.15, -0.1) is 0 Å². The maximum atomic E-state index is 11.8. The van der Waals surface area contributed by atoms with Gasteiger partial charge in [-0.05, 0) is 12.8 Å². The van der Waals surface area contributed by atoms with E-state index in [9.17, 15) is 4.57 Å². The summed E-state index contributed by atoms with van der Waals surface area (Å²) in [5.41, 5.74) is 0. The van der Waals surface area contributed by atoms with Gasteiger partial charge in [-0.1, -0.05) is 39.5 Å². The molecular formula is C11H25O2P. The molecule has 0 aromatic carbocycles. The summed E-state index contributed by atoms with van der Waals surface area (Å²) in [6.45, 7) is 6.76. The second-order valence-corrected chi connectivity index (χ2v) is 6.72. The molecule has 0 aliphatic carbocycles. The molecule has 0 aromatic heterocycles. The van der Waals surface area contributed by atoms with Gasteiger partial charge < -0.3 is 4.52 Å². The SMILES string of the molecule is CCCCCOP(C)(=O)CCCCC. The molecule has 0 rings (SSSR count). The lowest BCUT2D eigenvalue weighted by molar-refractivity contribution is 0.306. The van der Waals surface area contributed by atoms with Gasteiger partial charge in [0.1, 0.15) is 0 Å². The van der Waals surface area contributed by atoms with Crippen molar-refractivity contribution in [3.05, 3.63) is 0 Å². The largest absolute Gasteiger partial charge is 0.329 e. The van der Waals surface area contributed by atoms with Crippen LogP contribution in [0, 0.1) is 0 Å². The van der Waals surface area contributed by atoms with Gasteiger partial charge in [0, 0.05) is 12.8 Å². The normalized spacial score (nSPS) is 15.4. The lowest BCUT2D eigenvalue weighted by atomic mass is 10.3. The van der Waals surface area contributed by atoms with Crippen molar-refractivity contribution in [2.45, 2.75) is 52.4 Å². The second-order valence-electron chi connectivity index (χ2n) is 3.99. The third-order valence-corrected chi connectivity index (χ3v) is 4.14. The fourth-order valence-electron chi connectivity index (χ4n) is 1.32. The van der Waals surface area contributed by atoms with E-state index in [2.05, 4.69) is 13.8 Å². The van der Waals surface area contributed by atoms with E-state index >= 15 is 0 Å². The maximum Gasteiger partial charge on any atom is 0.200 e. The summed E-state index contributed by atoms with van der Waals surface area (Å²) < 4.78 is 17.3. The molecule has 0 radical (unpaired) electrons. The van der Waals surface area contributed by atoms with Crippen LogP contribution in [0.5, 0.6) is 0 Å². The molecule has 1 unspecified atom stereocenters. The van der Waals surface area contributed by atoms with Crippen molar-refractivity contribution < 1.29 is 9.09 Å². The average molecular weight is 220 g/mol. The highest BCUT2D eigenvalue weighted by molar-refractivity contribution is 7.58. The summed E-state index contributed by atoms with van der Waals surface area (Å²) in [5, 5.41) is 0. The van der Waals surface area contributed by atoms with Gasteiger partial charge in [0.05, 0.1) is 6.61 Å². The molecule has 0 bridgehead atoms. The molecule has 86 valence electrons. The summed E-state index contributed by atoms with van der Waals surface area (Å²) >= 11 is 0. The Morgan fingerprint density at radius 3 is 2.14 bits per heavy atom. The fourth-order valence-corrected chi connectivity index (χ4v) is 2.77. The molecule has 0 aliphatic rings. The number of unbranched alkanes of at least 4 members (excludes halogenated alkanes) is 4. The van der Waals surface area contributed by atoms with Crippen molar-refractivity contribution in [2.24, 2.45) is 0 Å². The molecule has 3 heteroatoms. The van der Waals surface area contributed by atoms with Gasteiger partial charge in [-0.2, -0.15) is 0 Å². The van der Waals surface area contributed by atoms with E-state index in [1.807, 2.05) is 0 Å². The molecule has 0 N–H and O–H groups in total. The zero-order valence-corrected chi connectivity index (χ0v) is 10.8. The first-order valence-corrected chi connectivity index (χ1v) is 8.09. The van der Waals surface area contributed by atoms with Crippen LogP contribution in [0.25, 0.3) is 0 Å². The first-order chi connectivity index (χ1) is 6.62. The van der Waals surface area contributed by atoms with Crippen LogP contribution >= 0.6 is 7.37 Å². The Labute approximate surface area is 88.9 Å². The van der Waals surface area contributed by atoms with E-state index in [1.165, 1.54) is 19.3 Å². The molecule has 2 nitrogen and oxygen atoms in total. The van der Waals surface area contributed by atoms with Crippen LogP contribution in [0.2, 0.25) is 0 Å². The lowest BCUT2D eigenvalue weighted by Gasteiger charge is -2.13. The second kappa shape index (κ2) is 8.49. The zero-order valence-electron chi connectivity index (χ0n) is 9.92. The molecule has 0 spiro atoms. The van der Waals surface area contributed by atoms with E-state index < -0.39 is 7.37 Å². The van der Waals surface area contributed by atoms with E-state index in [0.717, 1.165) is 25.4 Å². The highest BCUT2D eigenvalue weighted by atomic mass is 31.2. The zero-order chi connectivity index (χ0) is 10.9. The molecule has 0 saturated heterocycles. The highest BCUT2D eigenvalue weighted by Crippen LogP contribution is 2.43. The third-order valence-electron chi connectivity index (χ3n) is 2.28. The van der Waals surface area contributed by atoms with Crippen molar-refractivity contribution in [2.75, 3.05) is 19.4 Å². The van der Waals surface area contributed by atoms with Crippen molar-refractivity contribution in [1.82, 2.24) is 0 Å². The van der Waals surface area contributed by atoms with Gasteiger partial charge in [-0.3, -0.25) is 4.57 Å². The molecule has 1 atom stereocenters. The molecule has 14 heavy (non-hydrogen) atoms. The molecule has 0 fully saturated rings. The minimum atomic E-state index is -2.26. The summed E-state index contributed by atoms with van der Waals surface area (Å²) in [7, 11) is -2.26. The first kappa shape index (κ1) is 14.2. The van der Waals surface area contributed by atoms with E-state index in [0.29, 0.717) is 6.61 Å². The Morgan fingerprint density at radius 2 is 1.57 bits per heavy atom. The Bertz CT molecular complexity index is 169. The Hall–Kier alpha value is 0.190. The van der Waals surface area contributed by atoms with Gasteiger partial charge in [-0.25, -0.2) is 0 Å². The monoisotopic (exact) mass is 220 g/mol. The van der Waals surface area contributed by atoms with E-state index in [-0.39, 0.29) is 0 Å². The van der Waals surface area contributed by atoms with Crippen LogP contribution in [-0.2, 0) is 9.09 Å². The van der Waals surface area contributed by atoms with Crippen LogP contribution < -0.4 is 0 Å². The van der Waals surface area contributed by atoms with E-state index in [1.54, 1.807) is 6.66 Å². The Morgan fingerprint density at radius 1 is 1.00 bits per heavy atom. The molecule has 0 aliphatic heterocycles. The Kier molecular flexibility index (Phi) is 8.61. The van der Waals surface area contributed by atoms with Crippen LogP contribution in [0.3, 0.4) is 0 Å². The van der Waals surface area contributed by atoms with Crippen LogP contribution in [0.15, 0.2) is 0 Å². The van der Waals surface area contributed by atoms with Crippen molar-refractivity contribution in [1.29, 1.82) is 0 Å². The van der Waals surface area contributed by atoms with Gasteiger partial charge in [0.25, 0.3) is 0 Å². The lowest BCUT2D eigenvalue weighted by Crippen LogP contribution is -1.96. The standard InChI is InChI=1S/C11H25O2P/c1-4-6-8-10-13-14(3,12)11-9-7-5-2/h4-11H2,1-3H3. The van der Waals surface area contributed by atoms with E-state index in [4.69, 9.17) is 4.52 Å². The quantitative estimate of drug-likeness (QED) is 0.428. The predicted molar refractivity (Wildman–Crippen MR) is 63.4 cm³/mol. The smallest absolute Gasteiger partial charge is 0.200 e. The summed E-state index contributed by atoms with van der Waals surface area (Å²) in [4.78, 5) is 0. The minimum Gasteiger partial charge on any atom is -0.329 e. The summed E-state index contributed by atoms with van der Waals surface area (Å²) in [5.74, 6) is 0. The number of rotatable bonds is 9. The topological polar surface area (TPSA) is 26.3 Å². The maximum absolute atomic E-state index is 11.8. The Balaban J connectivity index is 3.46. The molecule has 0 heterocycles. The third kappa shape index (κ3) is 8.77. The number of hydrogen-bond donors (Lipinski definition) is 0. The van der Waals surface area contributed by atoms with Crippen molar-refractivity contribution in [3.8, 4) is 0 Å². The van der Waals surface area contributed by atoms with Gasteiger partial charge in [0.15, 0.2) is 7.37 Å². The van der Waals surface area contributed by atoms with Crippen molar-refractivity contribution in [3.63, 3.8) is 0 Å². The molecule has 0 aromatic rings. The van der Waals surface area contributed by atoms with Gasteiger partial charge >= 0.3 is 0 Å². The first-order valence-electron chi connectivity index (χ1n) is 5.83. The van der Waals surface area contributed by atoms with Crippen LogP contribution in [-0.4, -0.2) is 19.4 Å². The van der Waals surface area contributed by atoms with Gasteiger partial charge in [0.2, 0.25) is 0 Å². The van der Waals surface area contributed by atoms with Crippen molar-refractivity contribution >= 4 is 7.37 Å².